The first kappa shape index (κ1) is 14.5. The van der Waals surface area contributed by atoms with Crippen molar-refractivity contribution in [3.63, 3.8) is 0 Å². The van der Waals surface area contributed by atoms with E-state index in [2.05, 4.69) is 5.32 Å². The highest BCUT2D eigenvalue weighted by atomic mass is 35.5. The minimum absolute atomic E-state index is 0.259. The third-order valence-electron chi connectivity index (χ3n) is 2.52. The molecule has 1 aromatic rings. The smallest absolute Gasteiger partial charge is 0.217 e. The fourth-order valence-corrected chi connectivity index (χ4v) is 1.78. The van der Waals surface area contributed by atoms with Crippen LogP contribution in [0.2, 0.25) is 5.02 Å². The van der Waals surface area contributed by atoms with Gasteiger partial charge in [-0.3, -0.25) is 4.79 Å². The molecule has 1 rings (SSSR count). The lowest BCUT2D eigenvalue weighted by molar-refractivity contribution is -0.118. The van der Waals surface area contributed by atoms with Crippen LogP contribution in [-0.4, -0.2) is 12.5 Å². The zero-order chi connectivity index (χ0) is 13.4. The van der Waals surface area contributed by atoms with E-state index in [1.807, 2.05) is 12.1 Å². The van der Waals surface area contributed by atoms with Gasteiger partial charge >= 0.3 is 0 Å². The van der Waals surface area contributed by atoms with E-state index in [-0.39, 0.29) is 5.91 Å². The number of hydrogen-bond acceptors (Lipinski definition) is 3. The van der Waals surface area contributed by atoms with Gasteiger partial charge in [0.2, 0.25) is 5.91 Å². The van der Waals surface area contributed by atoms with Crippen molar-refractivity contribution in [2.24, 2.45) is 5.73 Å². The number of primary amides is 1. The number of carbonyl (C=O) groups is 1. The van der Waals surface area contributed by atoms with Crippen LogP contribution in [0.4, 0.5) is 0 Å². The van der Waals surface area contributed by atoms with Gasteiger partial charge in [0.05, 0.1) is 11.6 Å². The van der Waals surface area contributed by atoms with E-state index in [1.54, 1.807) is 12.1 Å². The van der Waals surface area contributed by atoms with E-state index in [9.17, 15) is 4.79 Å². The highest BCUT2D eigenvalue weighted by Crippen LogP contribution is 2.17. The maximum absolute atomic E-state index is 10.5. The van der Waals surface area contributed by atoms with Crippen molar-refractivity contribution in [1.29, 1.82) is 5.26 Å². The van der Waals surface area contributed by atoms with Crippen LogP contribution in [0.15, 0.2) is 18.2 Å². The first-order valence-corrected chi connectivity index (χ1v) is 6.19. The molecule has 1 aromatic carbocycles. The number of nitrogens with zero attached hydrogens (tertiary/aromatic N) is 1. The van der Waals surface area contributed by atoms with Crippen LogP contribution in [0.1, 0.15) is 30.4 Å². The molecule has 1 amide bonds. The van der Waals surface area contributed by atoms with Gasteiger partial charge in [-0.25, -0.2) is 0 Å². The minimum Gasteiger partial charge on any atom is -0.370 e. The molecule has 0 fully saturated rings. The molecule has 0 aromatic heterocycles. The Bertz CT molecular complexity index is 454. The molecular weight excluding hydrogens is 250 g/mol. The van der Waals surface area contributed by atoms with Gasteiger partial charge in [-0.15, -0.1) is 0 Å². The molecule has 0 aliphatic heterocycles. The molecule has 96 valence electrons. The molecule has 5 heteroatoms. The van der Waals surface area contributed by atoms with Gasteiger partial charge in [-0.1, -0.05) is 17.7 Å². The lowest BCUT2D eigenvalue weighted by atomic mass is 10.1. The lowest BCUT2D eigenvalue weighted by Crippen LogP contribution is -2.16. The van der Waals surface area contributed by atoms with E-state index in [4.69, 9.17) is 22.6 Å². The first-order valence-electron chi connectivity index (χ1n) is 5.81. The summed E-state index contributed by atoms with van der Waals surface area (Å²) in [5.74, 6) is -0.259. The van der Waals surface area contributed by atoms with Gasteiger partial charge in [0, 0.05) is 18.0 Å². The highest BCUT2D eigenvalue weighted by molar-refractivity contribution is 6.31. The van der Waals surface area contributed by atoms with Crippen LogP contribution in [0, 0.1) is 11.3 Å². The number of rotatable bonds is 7. The molecular formula is C13H16ClN3O. The Labute approximate surface area is 112 Å². The predicted octanol–water partition coefficient (Wildman–Crippen LogP) is 1.96. The number of halogens is 1. The van der Waals surface area contributed by atoms with Gasteiger partial charge in [0.1, 0.15) is 0 Å². The Hall–Kier alpha value is -1.57. The van der Waals surface area contributed by atoms with E-state index < -0.39 is 0 Å². The summed E-state index contributed by atoms with van der Waals surface area (Å²) in [7, 11) is 0. The van der Waals surface area contributed by atoms with Crippen LogP contribution < -0.4 is 11.1 Å². The first-order chi connectivity index (χ1) is 8.63. The SMILES string of the molecule is N#Cc1ccc(CNCCCCC(N)=O)c(Cl)c1. The normalized spacial score (nSPS) is 10.0. The Morgan fingerprint density at radius 3 is 2.83 bits per heavy atom. The van der Waals surface area contributed by atoms with Crippen molar-refractivity contribution in [3.8, 4) is 6.07 Å². The maximum atomic E-state index is 10.5. The monoisotopic (exact) mass is 265 g/mol. The van der Waals surface area contributed by atoms with E-state index in [1.165, 1.54) is 0 Å². The molecule has 0 aliphatic rings. The second kappa shape index (κ2) is 7.70. The average molecular weight is 266 g/mol. The topological polar surface area (TPSA) is 78.9 Å². The molecule has 0 heterocycles. The summed E-state index contributed by atoms with van der Waals surface area (Å²) in [6.07, 6.45) is 2.12. The quantitative estimate of drug-likeness (QED) is 0.740. The largest absolute Gasteiger partial charge is 0.370 e. The number of nitrogens with two attached hydrogens (primary N) is 1. The Balaban J connectivity index is 2.27. The number of nitriles is 1. The van der Waals surface area contributed by atoms with Crippen molar-refractivity contribution in [3.05, 3.63) is 34.3 Å². The van der Waals surface area contributed by atoms with Gasteiger partial charge < -0.3 is 11.1 Å². The molecule has 4 nitrogen and oxygen atoms in total. The van der Waals surface area contributed by atoms with E-state index in [0.717, 1.165) is 24.9 Å². The summed E-state index contributed by atoms with van der Waals surface area (Å²) in [6.45, 7) is 1.46. The summed E-state index contributed by atoms with van der Waals surface area (Å²) >= 11 is 6.04. The van der Waals surface area contributed by atoms with Crippen LogP contribution in [-0.2, 0) is 11.3 Å². The van der Waals surface area contributed by atoms with Crippen LogP contribution in [0.3, 0.4) is 0 Å². The second-order valence-electron chi connectivity index (χ2n) is 4.02. The van der Waals surface area contributed by atoms with Crippen LogP contribution in [0.5, 0.6) is 0 Å². The molecule has 0 aliphatic carbocycles. The number of benzene rings is 1. The van der Waals surface area contributed by atoms with Crippen molar-refractivity contribution in [2.75, 3.05) is 6.54 Å². The average Bonchev–Trinajstić information content (AvgIpc) is 2.34. The fraction of sp³-hybridized carbons (Fsp3) is 0.385. The summed E-state index contributed by atoms with van der Waals surface area (Å²) in [4.78, 5) is 10.5. The van der Waals surface area contributed by atoms with Crippen molar-refractivity contribution >= 4 is 17.5 Å². The third-order valence-corrected chi connectivity index (χ3v) is 2.88. The predicted molar refractivity (Wildman–Crippen MR) is 70.9 cm³/mol. The fourth-order valence-electron chi connectivity index (χ4n) is 1.53. The molecule has 3 N–H and O–H groups in total. The van der Waals surface area contributed by atoms with Crippen molar-refractivity contribution in [2.45, 2.75) is 25.8 Å². The van der Waals surface area contributed by atoms with E-state index in [0.29, 0.717) is 23.6 Å². The third kappa shape index (κ3) is 5.17. The molecule has 0 radical (unpaired) electrons. The summed E-state index contributed by atoms with van der Waals surface area (Å²) < 4.78 is 0. The number of amides is 1. The Kier molecular flexibility index (Phi) is 6.20. The zero-order valence-electron chi connectivity index (χ0n) is 10.1. The van der Waals surface area contributed by atoms with E-state index >= 15 is 0 Å². The van der Waals surface area contributed by atoms with Gasteiger partial charge in [0.25, 0.3) is 0 Å². The van der Waals surface area contributed by atoms with Crippen molar-refractivity contribution in [1.82, 2.24) is 5.32 Å². The number of carbonyl (C=O) groups excluding carboxylic acids is 1. The zero-order valence-corrected chi connectivity index (χ0v) is 10.8. The van der Waals surface area contributed by atoms with Crippen LogP contribution in [0.25, 0.3) is 0 Å². The summed E-state index contributed by atoms with van der Waals surface area (Å²) in [5.41, 5.74) is 6.57. The number of unbranched alkanes of at least 4 members (excludes halogenated alkanes) is 1. The standard InChI is InChI=1S/C13H16ClN3O/c14-12-7-10(8-15)4-5-11(12)9-17-6-2-1-3-13(16)18/h4-5,7,17H,1-3,6,9H2,(H2,16,18). The highest BCUT2D eigenvalue weighted by Gasteiger charge is 2.01. The molecule has 0 saturated heterocycles. The van der Waals surface area contributed by atoms with Gasteiger partial charge in [-0.05, 0) is 37.1 Å². The number of nitrogens with one attached hydrogen (secondary N) is 1. The molecule has 0 spiro atoms. The molecule has 18 heavy (non-hydrogen) atoms. The summed E-state index contributed by atoms with van der Waals surface area (Å²) in [5, 5.41) is 12.5. The van der Waals surface area contributed by atoms with Crippen molar-refractivity contribution < 1.29 is 4.79 Å². The molecule has 0 saturated carbocycles. The molecule has 0 bridgehead atoms. The van der Waals surface area contributed by atoms with Gasteiger partial charge in [-0.2, -0.15) is 5.26 Å². The maximum Gasteiger partial charge on any atom is 0.217 e. The lowest BCUT2D eigenvalue weighted by Gasteiger charge is -2.06. The second-order valence-corrected chi connectivity index (χ2v) is 4.43. The van der Waals surface area contributed by atoms with Crippen LogP contribution >= 0.6 is 11.6 Å². The summed E-state index contributed by atoms with van der Waals surface area (Å²) in [6, 6.07) is 7.29. The molecule has 0 atom stereocenters. The Morgan fingerprint density at radius 1 is 1.44 bits per heavy atom. The number of hydrogen-bond donors (Lipinski definition) is 2. The Morgan fingerprint density at radius 2 is 2.22 bits per heavy atom. The van der Waals surface area contributed by atoms with Gasteiger partial charge in [0.15, 0.2) is 0 Å². The minimum atomic E-state index is -0.259. The molecule has 0 unspecified atom stereocenters.